The molecule has 91 heavy (non-hydrogen) atoms. The van der Waals surface area contributed by atoms with E-state index >= 15 is 0 Å². The molecule has 0 radical (unpaired) electrons. The highest BCUT2D eigenvalue weighted by Crippen LogP contribution is 2.76. The Morgan fingerprint density at radius 3 is 1.69 bits per heavy atom. The van der Waals surface area contributed by atoms with Crippen LogP contribution in [-0.4, -0.2) is 235 Å². The van der Waals surface area contributed by atoms with Gasteiger partial charge in [0.2, 0.25) is 0 Å². The first-order valence-corrected chi connectivity index (χ1v) is 32.6. The number of hydrogen-bond donors (Lipinski definition) is 11. The van der Waals surface area contributed by atoms with Crippen molar-refractivity contribution in [2.24, 2.45) is 50.2 Å². The van der Waals surface area contributed by atoms with E-state index in [9.17, 15) is 70.6 Å². The third-order valence-electron chi connectivity index (χ3n) is 23.9. The summed E-state index contributed by atoms with van der Waals surface area (Å²) in [5.74, 6) is -2.18. The summed E-state index contributed by atoms with van der Waals surface area (Å²) < 4.78 is 69.1. The van der Waals surface area contributed by atoms with Crippen molar-refractivity contribution in [2.45, 2.75) is 289 Å². The lowest BCUT2D eigenvalue weighted by atomic mass is 9.33. The summed E-state index contributed by atoms with van der Waals surface area (Å²) in [6, 6.07) is 0. The molecule has 0 bridgehead atoms. The van der Waals surface area contributed by atoms with Gasteiger partial charge in [0.25, 0.3) is 0 Å². The average Bonchev–Trinajstić information content (AvgIpc) is 0.686. The van der Waals surface area contributed by atoms with Gasteiger partial charge in [0.1, 0.15) is 85.5 Å². The summed E-state index contributed by atoms with van der Waals surface area (Å²) in [4.78, 5) is 40.0. The van der Waals surface area contributed by atoms with Crippen LogP contribution in [-0.2, 0) is 66.5 Å². The van der Waals surface area contributed by atoms with Gasteiger partial charge in [0.15, 0.2) is 37.4 Å². The van der Waals surface area contributed by atoms with E-state index in [4.69, 9.17) is 52.1 Å². The number of carbonyl (C=O) groups excluding carboxylic acids is 3. The molecule has 30 atom stereocenters. The number of ether oxygens (including phenoxy) is 11. The van der Waals surface area contributed by atoms with Crippen LogP contribution in [0.3, 0.4) is 0 Å². The summed E-state index contributed by atoms with van der Waals surface area (Å²) in [5, 5.41) is 122. The van der Waals surface area contributed by atoms with Crippen molar-refractivity contribution in [2.75, 3.05) is 19.8 Å². The predicted molar refractivity (Wildman–Crippen MR) is 319 cm³/mol. The van der Waals surface area contributed by atoms with Gasteiger partial charge in [-0.25, -0.2) is 9.59 Å². The van der Waals surface area contributed by atoms with E-state index in [1.165, 1.54) is 19.4 Å². The molecule has 4 saturated carbocycles. The van der Waals surface area contributed by atoms with Gasteiger partial charge in [0, 0.05) is 23.5 Å². The number of carbonyl (C=O) groups is 3. The van der Waals surface area contributed by atoms with Crippen LogP contribution in [0.15, 0.2) is 34.9 Å². The lowest BCUT2D eigenvalue weighted by Gasteiger charge is -2.72. The first-order chi connectivity index (χ1) is 42.6. The zero-order valence-electron chi connectivity index (χ0n) is 55.2. The topological polar surface area (TPSA) is 375 Å². The van der Waals surface area contributed by atoms with Crippen LogP contribution in [0, 0.1) is 50.2 Å². The first kappa shape index (κ1) is 72.1. The van der Waals surface area contributed by atoms with E-state index < -0.39 is 194 Å². The minimum atomic E-state index is -1.92. The van der Waals surface area contributed by atoms with E-state index in [0.29, 0.717) is 44.1 Å². The second kappa shape index (κ2) is 27.1. The number of allylic oxidation sites excluding steroid dienone is 4. The van der Waals surface area contributed by atoms with Gasteiger partial charge in [-0.15, -0.1) is 0 Å². The minimum Gasteiger partial charge on any atom is -0.459 e. The Balaban J connectivity index is 0.996. The highest BCUT2D eigenvalue weighted by atomic mass is 16.8. The maximum absolute atomic E-state index is 13.5. The number of fused-ring (bicyclic) bond motifs is 7. The maximum Gasteiger partial charge on any atom is 0.333 e. The molecule has 0 aromatic heterocycles. The Bertz CT molecular complexity index is 2700. The van der Waals surface area contributed by atoms with Gasteiger partial charge >= 0.3 is 17.9 Å². The van der Waals surface area contributed by atoms with Crippen LogP contribution < -0.4 is 0 Å². The van der Waals surface area contributed by atoms with Gasteiger partial charge in [-0.3, -0.25) is 4.79 Å². The van der Waals surface area contributed by atoms with Crippen LogP contribution in [0.25, 0.3) is 0 Å². The van der Waals surface area contributed by atoms with Crippen LogP contribution in [0.4, 0.5) is 0 Å². The Labute approximate surface area is 533 Å². The number of aliphatic hydroxyl groups excluding tert-OH is 11. The fraction of sp³-hybridized carbons (Fsp3) is 0.864. The molecule has 518 valence electrons. The molecule has 8 fully saturated rings. The monoisotopic (exact) mass is 1300 g/mol. The molecule has 25 nitrogen and oxygen atoms in total. The highest BCUT2D eigenvalue weighted by molar-refractivity contribution is 5.88. The molecule has 5 aliphatic carbocycles. The van der Waals surface area contributed by atoms with Crippen molar-refractivity contribution in [1.82, 2.24) is 0 Å². The number of aliphatic hydroxyl groups is 11. The third kappa shape index (κ3) is 12.5. The van der Waals surface area contributed by atoms with Crippen molar-refractivity contribution in [3.05, 3.63) is 34.9 Å². The molecule has 11 N–H and O–H groups in total. The molecule has 4 aliphatic heterocycles. The van der Waals surface area contributed by atoms with Gasteiger partial charge in [-0.05, 0) is 138 Å². The number of hydrogen-bond acceptors (Lipinski definition) is 25. The molecule has 25 heteroatoms. The molecule has 0 spiro atoms. The molecular weight excluding hydrogens is 1190 g/mol. The Morgan fingerprint density at radius 1 is 0.549 bits per heavy atom. The number of esters is 3. The maximum atomic E-state index is 13.5. The van der Waals surface area contributed by atoms with Gasteiger partial charge in [-0.2, -0.15) is 0 Å². The quantitative estimate of drug-likeness (QED) is 0.0346. The van der Waals surface area contributed by atoms with E-state index in [-0.39, 0.29) is 40.8 Å². The minimum absolute atomic E-state index is 0.0187. The second-order valence-corrected chi connectivity index (χ2v) is 29.7. The Morgan fingerprint density at radius 2 is 1.10 bits per heavy atom. The van der Waals surface area contributed by atoms with Gasteiger partial charge < -0.3 is 108 Å². The zero-order chi connectivity index (χ0) is 67.2. The molecular formula is C66H104O25. The van der Waals surface area contributed by atoms with Crippen molar-refractivity contribution in [1.29, 1.82) is 0 Å². The lowest BCUT2D eigenvalue weighted by molar-refractivity contribution is -0.398. The fourth-order valence-corrected chi connectivity index (χ4v) is 18.0. The van der Waals surface area contributed by atoms with Crippen molar-refractivity contribution >= 4 is 17.9 Å². The standard InChI is InChI=1S/C66H104O25/c1-15-29(3)55(79)87-49-32(6)82-59(48(78)51(49)88-56(80)30(4)16-2)91-53-54(83-33(7)70)66(28-69)24-23-64(13)34(35(66)25-61(53,8)9)17-18-39-63(12)21-20-40(62(10,11)38(63)19-22-65(39,64)14)86-60-52(90-58-47(77)45(75)42(72)36(26-67)84-58)50(43(73)37(27-68)85-60)89-57-46(76)44(74)41(71)31(5)81-57/h15-17,31-32,35-54,57-60,67-69,71-78H,18-28H2,1-14H3. The fourth-order valence-electron chi connectivity index (χ4n) is 18.0. The molecule has 9 aliphatic rings. The smallest absolute Gasteiger partial charge is 0.333 e. The SMILES string of the molecule is CC=C(C)C(=O)OC1C(C)OC(OC2C(OC(C)=O)C3(CO)CCC4(C)C(=CCC5C6(C)CCC(OC7OC(CO)C(O)C(OC8OC(C)C(O)C(O)C8O)C7OC7OC(CO)C(O)C(O)C7O)C(C)(C)C6CCC54C)C3CC2(C)C)C(O)C1OC(=O)C(C)=CC. The zero-order valence-corrected chi connectivity index (χ0v) is 55.2. The van der Waals surface area contributed by atoms with Gasteiger partial charge in [0.05, 0.1) is 38.1 Å². The summed E-state index contributed by atoms with van der Waals surface area (Å²) in [5.41, 5.74) is -1.81. The molecule has 0 amide bonds. The summed E-state index contributed by atoms with van der Waals surface area (Å²) in [7, 11) is 0. The lowest BCUT2D eigenvalue weighted by Crippen LogP contribution is -2.70. The Kier molecular flexibility index (Phi) is 21.4. The van der Waals surface area contributed by atoms with Crippen LogP contribution in [0.5, 0.6) is 0 Å². The first-order valence-electron chi connectivity index (χ1n) is 32.6. The van der Waals surface area contributed by atoms with E-state index in [1.54, 1.807) is 46.8 Å². The van der Waals surface area contributed by atoms with Crippen molar-refractivity contribution < 1.29 is 123 Å². The normalized spacial score (nSPS) is 49.0. The number of rotatable bonds is 16. The largest absolute Gasteiger partial charge is 0.459 e. The van der Waals surface area contributed by atoms with Crippen molar-refractivity contribution in [3.63, 3.8) is 0 Å². The summed E-state index contributed by atoms with van der Waals surface area (Å²) in [6.45, 7) is 24.4. The Hall–Kier alpha value is -3.13. The van der Waals surface area contributed by atoms with E-state index in [0.717, 1.165) is 12.8 Å². The second-order valence-electron chi connectivity index (χ2n) is 29.7. The third-order valence-corrected chi connectivity index (χ3v) is 23.9. The van der Waals surface area contributed by atoms with Gasteiger partial charge in [-0.1, -0.05) is 72.3 Å². The molecule has 4 heterocycles. The molecule has 0 aromatic rings. The average molecular weight is 1300 g/mol. The van der Waals surface area contributed by atoms with Crippen molar-refractivity contribution in [3.8, 4) is 0 Å². The molecule has 0 aromatic carbocycles. The molecule has 9 rings (SSSR count). The van der Waals surface area contributed by atoms with Crippen LogP contribution in [0.2, 0.25) is 0 Å². The van der Waals surface area contributed by atoms with Crippen LogP contribution >= 0.6 is 0 Å². The van der Waals surface area contributed by atoms with E-state index in [2.05, 4.69) is 40.7 Å². The highest BCUT2D eigenvalue weighted by Gasteiger charge is 2.72. The summed E-state index contributed by atoms with van der Waals surface area (Å²) >= 11 is 0. The molecule has 30 unspecified atom stereocenters. The predicted octanol–water partition coefficient (Wildman–Crippen LogP) is 2.04. The molecule has 4 saturated heterocycles. The van der Waals surface area contributed by atoms with E-state index in [1.807, 2.05) is 13.8 Å². The summed E-state index contributed by atoms with van der Waals surface area (Å²) in [6.07, 6.45) is -23.5. The van der Waals surface area contributed by atoms with Crippen LogP contribution in [0.1, 0.15) is 148 Å².